The first-order valence-corrected chi connectivity index (χ1v) is 6.38. The average Bonchev–Trinajstić information content (AvgIpc) is 2.75. The highest BCUT2D eigenvalue weighted by Gasteiger charge is 2.10. The van der Waals surface area contributed by atoms with Crippen molar-refractivity contribution in [3.8, 4) is 11.1 Å². The van der Waals surface area contributed by atoms with Gasteiger partial charge in [-0.05, 0) is 24.6 Å². The van der Waals surface area contributed by atoms with Gasteiger partial charge in [-0.15, -0.1) is 0 Å². The molecule has 0 aliphatic heterocycles. The first-order valence-electron chi connectivity index (χ1n) is 5.62. The Kier molecular flexibility index (Phi) is 2.84. The highest BCUT2D eigenvalue weighted by molar-refractivity contribution is 6.42. The molecule has 2 aromatic heterocycles. The van der Waals surface area contributed by atoms with Gasteiger partial charge in [-0.3, -0.25) is 0 Å². The van der Waals surface area contributed by atoms with E-state index >= 15 is 0 Å². The molecule has 96 valence electrons. The predicted octanol–water partition coefficient (Wildman–Crippen LogP) is 3.59. The Morgan fingerprint density at radius 2 is 1.95 bits per heavy atom. The van der Waals surface area contributed by atoms with Crippen LogP contribution in [0.4, 0.5) is 5.82 Å². The van der Waals surface area contributed by atoms with Crippen molar-refractivity contribution in [3.63, 3.8) is 0 Å². The second kappa shape index (κ2) is 4.40. The van der Waals surface area contributed by atoms with Crippen LogP contribution in [0.3, 0.4) is 0 Å². The van der Waals surface area contributed by atoms with E-state index in [4.69, 9.17) is 28.9 Å². The Morgan fingerprint density at radius 1 is 1.16 bits per heavy atom. The van der Waals surface area contributed by atoms with Crippen molar-refractivity contribution in [1.29, 1.82) is 0 Å². The molecule has 19 heavy (non-hydrogen) atoms. The molecule has 6 heteroatoms. The maximum Gasteiger partial charge on any atom is 0.157 e. The zero-order valence-electron chi connectivity index (χ0n) is 10.1. The van der Waals surface area contributed by atoms with E-state index in [1.54, 1.807) is 22.8 Å². The average molecular weight is 293 g/mol. The van der Waals surface area contributed by atoms with Gasteiger partial charge in [0.2, 0.25) is 0 Å². The van der Waals surface area contributed by atoms with Gasteiger partial charge in [0.1, 0.15) is 5.82 Å². The summed E-state index contributed by atoms with van der Waals surface area (Å²) >= 11 is 11.9. The standard InChI is InChI=1S/C13H10Cl2N4/c1-7-4-12-17-6-9(13(16)19(12)18-7)8-2-3-10(14)11(15)5-8/h2-6H,16H2,1H3. The monoisotopic (exact) mass is 292 g/mol. The summed E-state index contributed by atoms with van der Waals surface area (Å²) in [5, 5.41) is 5.30. The Bertz CT molecular complexity index is 780. The summed E-state index contributed by atoms with van der Waals surface area (Å²) in [6.07, 6.45) is 1.71. The van der Waals surface area contributed by atoms with Crippen LogP contribution in [0.25, 0.3) is 16.8 Å². The molecule has 0 atom stereocenters. The fourth-order valence-corrected chi connectivity index (χ4v) is 2.25. The minimum atomic E-state index is 0.482. The van der Waals surface area contributed by atoms with Crippen molar-refractivity contribution in [3.05, 3.63) is 46.2 Å². The molecule has 3 aromatic rings. The molecular weight excluding hydrogens is 283 g/mol. The Hall–Kier alpha value is -1.78. The molecule has 0 fully saturated rings. The summed E-state index contributed by atoms with van der Waals surface area (Å²) in [5.41, 5.74) is 9.35. The van der Waals surface area contributed by atoms with Crippen molar-refractivity contribution in [2.45, 2.75) is 6.92 Å². The van der Waals surface area contributed by atoms with E-state index < -0.39 is 0 Å². The lowest BCUT2D eigenvalue weighted by molar-refractivity contribution is 0.930. The Balaban J connectivity index is 2.24. The molecule has 0 unspecified atom stereocenters. The van der Waals surface area contributed by atoms with E-state index in [2.05, 4.69) is 10.1 Å². The number of halogens is 2. The van der Waals surface area contributed by atoms with Crippen molar-refractivity contribution in [2.24, 2.45) is 0 Å². The maximum absolute atomic E-state index is 6.14. The topological polar surface area (TPSA) is 56.2 Å². The van der Waals surface area contributed by atoms with Crippen LogP contribution in [-0.2, 0) is 0 Å². The molecular formula is C13H10Cl2N4. The molecule has 2 heterocycles. The normalized spacial score (nSPS) is 11.1. The molecule has 3 rings (SSSR count). The number of aromatic nitrogens is 3. The summed E-state index contributed by atoms with van der Waals surface area (Å²) in [6, 6.07) is 7.22. The van der Waals surface area contributed by atoms with Crippen LogP contribution < -0.4 is 5.73 Å². The highest BCUT2D eigenvalue weighted by Crippen LogP contribution is 2.31. The van der Waals surface area contributed by atoms with Crippen molar-refractivity contribution < 1.29 is 0 Å². The summed E-state index contributed by atoms with van der Waals surface area (Å²) in [5.74, 6) is 0.525. The molecule has 0 amide bonds. The van der Waals surface area contributed by atoms with E-state index in [1.165, 1.54) is 0 Å². The molecule has 2 N–H and O–H groups in total. The first kappa shape index (κ1) is 12.3. The summed E-state index contributed by atoms with van der Waals surface area (Å²) < 4.78 is 1.62. The minimum absolute atomic E-state index is 0.482. The minimum Gasteiger partial charge on any atom is -0.383 e. The van der Waals surface area contributed by atoms with Crippen LogP contribution in [-0.4, -0.2) is 14.6 Å². The van der Waals surface area contributed by atoms with Gasteiger partial charge in [0, 0.05) is 17.8 Å². The molecule has 0 aliphatic carbocycles. The summed E-state index contributed by atoms with van der Waals surface area (Å²) in [7, 11) is 0. The van der Waals surface area contributed by atoms with Gasteiger partial charge in [-0.2, -0.15) is 9.61 Å². The summed E-state index contributed by atoms with van der Waals surface area (Å²) in [6.45, 7) is 1.90. The van der Waals surface area contributed by atoms with Crippen molar-refractivity contribution in [2.75, 3.05) is 5.73 Å². The van der Waals surface area contributed by atoms with E-state index in [0.29, 0.717) is 15.9 Å². The molecule has 0 aliphatic rings. The van der Waals surface area contributed by atoms with Gasteiger partial charge in [0.15, 0.2) is 5.65 Å². The van der Waals surface area contributed by atoms with Gasteiger partial charge in [0.05, 0.1) is 15.7 Å². The van der Waals surface area contributed by atoms with Gasteiger partial charge in [-0.1, -0.05) is 29.3 Å². The molecule has 0 bridgehead atoms. The lowest BCUT2D eigenvalue weighted by atomic mass is 10.1. The van der Waals surface area contributed by atoms with Crippen LogP contribution in [0.2, 0.25) is 10.0 Å². The lowest BCUT2D eigenvalue weighted by Crippen LogP contribution is -2.02. The molecule has 0 radical (unpaired) electrons. The predicted molar refractivity (Wildman–Crippen MR) is 77.6 cm³/mol. The number of nitrogens with two attached hydrogens (primary N) is 1. The smallest absolute Gasteiger partial charge is 0.157 e. The second-order valence-electron chi connectivity index (χ2n) is 4.24. The van der Waals surface area contributed by atoms with Crippen LogP contribution >= 0.6 is 23.2 Å². The number of fused-ring (bicyclic) bond motifs is 1. The third kappa shape index (κ3) is 2.03. The number of benzene rings is 1. The van der Waals surface area contributed by atoms with Gasteiger partial charge in [0.25, 0.3) is 0 Å². The largest absolute Gasteiger partial charge is 0.383 e. The van der Waals surface area contributed by atoms with E-state index in [9.17, 15) is 0 Å². The van der Waals surface area contributed by atoms with Gasteiger partial charge in [-0.25, -0.2) is 4.98 Å². The van der Waals surface area contributed by atoms with Gasteiger partial charge < -0.3 is 5.73 Å². The van der Waals surface area contributed by atoms with E-state index in [-0.39, 0.29) is 0 Å². The zero-order valence-corrected chi connectivity index (χ0v) is 11.6. The first-order chi connectivity index (χ1) is 9.06. The third-order valence-corrected chi connectivity index (χ3v) is 3.61. The van der Waals surface area contributed by atoms with Crippen LogP contribution in [0.5, 0.6) is 0 Å². The number of hydrogen-bond donors (Lipinski definition) is 1. The molecule has 0 spiro atoms. The quantitative estimate of drug-likeness (QED) is 0.746. The van der Waals surface area contributed by atoms with Crippen LogP contribution in [0, 0.1) is 6.92 Å². The lowest BCUT2D eigenvalue weighted by Gasteiger charge is -2.08. The number of nitrogens with zero attached hydrogens (tertiary/aromatic N) is 3. The molecule has 0 saturated carbocycles. The van der Waals surface area contributed by atoms with Crippen molar-refractivity contribution in [1.82, 2.24) is 14.6 Å². The molecule has 1 aromatic carbocycles. The Morgan fingerprint density at radius 3 is 2.68 bits per heavy atom. The van der Waals surface area contributed by atoms with Crippen molar-refractivity contribution >= 4 is 34.7 Å². The fourth-order valence-electron chi connectivity index (χ4n) is 1.95. The second-order valence-corrected chi connectivity index (χ2v) is 5.06. The number of rotatable bonds is 1. The Labute approximate surface area is 119 Å². The van der Waals surface area contributed by atoms with E-state index in [0.717, 1.165) is 22.5 Å². The van der Waals surface area contributed by atoms with Crippen LogP contribution in [0.1, 0.15) is 5.69 Å². The fraction of sp³-hybridized carbons (Fsp3) is 0.0769. The maximum atomic E-state index is 6.14. The number of hydrogen-bond acceptors (Lipinski definition) is 3. The number of nitrogen functional groups attached to an aromatic ring is 1. The SMILES string of the molecule is Cc1cc2ncc(-c3ccc(Cl)c(Cl)c3)c(N)n2n1. The zero-order chi connectivity index (χ0) is 13.6. The van der Waals surface area contributed by atoms with Crippen LogP contribution in [0.15, 0.2) is 30.5 Å². The number of anilines is 1. The summed E-state index contributed by atoms with van der Waals surface area (Å²) in [4.78, 5) is 4.34. The molecule has 0 saturated heterocycles. The number of aryl methyl sites for hydroxylation is 1. The third-order valence-electron chi connectivity index (χ3n) is 2.87. The van der Waals surface area contributed by atoms with E-state index in [1.807, 2.05) is 19.1 Å². The highest BCUT2D eigenvalue weighted by atomic mass is 35.5. The molecule has 4 nitrogen and oxygen atoms in total. The van der Waals surface area contributed by atoms with Gasteiger partial charge >= 0.3 is 0 Å².